The quantitative estimate of drug-likeness (QED) is 0.620. The first-order chi connectivity index (χ1) is 9.54. The van der Waals surface area contributed by atoms with Crippen LogP contribution >= 0.6 is 0 Å². The summed E-state index contributed by atoms with van der Waals surface area (Å²) in [5.41, 5.74) is 2.04. The van der Waals surface area contributed by atoms with Crippen LogP contribution in [0.15, 0.2) is 24.3 Å². The van der Waals surface area contributed by atoms with Crippen LogP contribution in [0.3, 0.4) is 0 Å². The first-order valence-corrected chi connectivity index (χ1v) is 6.48. The van der Waals surface area contributed by atoms with Crippen molar-refractivity contribution in [2.75, 3.05) is 6.61 Å². The fourth-order valence-electron chi connectivity index (χ4n) is 2.07. The lowest BCUT2D eigenvalue weighted by molar-refractivity contribution is -0.385. The second-order valence-electron chi connectivity index (χ2n) is 4.57. The van der Waals surface area contributed by atoms with Crippen LogP contribution in [0.5, 0.6) is 5.75 Å². The van der Waals surface area contributed by atoms with Crippen LogP contribution in [0.4, 0.5) is 5.69 Å². The molecule has 1 aromatic carbocycles. The molecule has 106 valence electrons. The zero-order chi connectivity index (χ0) is 14.7. The standard InChI is InChI=1S/C14H17N3O3/c1-4-8-20-13-7-5-6-12(14(13)17(18)19)16-11(3)9-10(2)15-16/h5-7,9H,4,8H2,1-3H3. The molecule has 0 aliphatic rings. The summed E-state index contributed by atoms with van der Waals surface area (Å²) in [6, 6.07) is 6.91. The summed E-state index contributed by atoms with van der Waals surface area (Å²) in [4.78, 5) is 11.0. The number of para-hydroxylation sites is 1. The van der Waals surface area contributed by atoms with Crippen molar-refractivity contribution in [3.05, 3.63) is 45.8 Å². The predicted octanol–water partition coefficient (Wildman–Crippen LogP) is 3.19. The van der Waals surface area contributed by atoms with E-state index < -0.39 is 4.92 Å². The highest BCUT2D eigenvalue weighted by atomic mass is 16.6. The number of aryl methyl sites for hydroxylation is 2. The van der Waals surface area contributed by atoms with E-state index in [2.05, 4.69) is 5.10 Å². The molecule has 0 fully saturated rings. The Morgan fingerprint density at radius 1 is 1.40 bits per heavy atom. The van der Waals surface area contributed by atoms with Crippen molar-refractivity contribution in [3.63, 3.8) is 0 Å². The highest BCUT2D eigenvalue weighted by Gasteiger charge is 2.23. The maximum atomic E-state index is 11.4. The van der Waals surface area contributed by atoms with Gasteiger partial charge in [-0.3, -0.25) is 10.1 Å². The highest BCUT2D eigenvalue weighted by molar-refractivity contribution is 5.61. The van der Waals surface area contributed by atoms with Crippen LogP contribution in [0.25, 0.3) is 5.69 Å². The predicted molar refractivity (Wildman–Crippen MR) is 75.5 cm³/mol. The number of nitrogens with zero attached hydrogens (tertiary/aromatic N) is 3. The molecule has 0 amide bonds. The number of benzene rings is 1. The normalized spacial score (nSPS) is 10.6. The van der Waals surface area contributed by atoms with Gasteiger partial charge in [-0.25, -0.2) is 4.68 Å². The zero-order valence-corrected chi connectivity index (χ0v) is 11.8. The lowest BCUT2D eigenvalue weighted by Crippen LogP contribution is -2.06. The fourth-order valence-corrected chi connectivity index (χ4v) is 2.07. The molecule has 20 heavy (non-hydrogen) atoms. The van der Waals surface area contributed by atoms with E-state index in [1.54, 1.807) is 22.9 Å². The molecule has 0 aliphatic heterocycles. The van der Waals surface area contributed by atoms with Gasteiger partial charge in [-0.2, -0.15) is 5.10 Å². The number of hydrogen-bond acceptors (Lipinski definition) is 4. The molecule has 0 radical (unpaired) electrons. The smallest absolute Gasteiger partial charge is 0.336 e. The first-order valence-electron chi connectivity index (χ1n) is 6.48. The number of nitro groups is 1. The number of ether oxygens (including phenoxy) is 1. The van der Waals surface area contributed by atoms with Crippen molar-refractivity contribution < 1.29 is 9.66 Å². The van der Waals surface area contributed by atoms with Crippen LogP contribution in [-0.4, -0.2) is 21.3 Å². The second-order valence-corrected chi connectivity index (χ2v) is 4.57. The Labute approximate surface area is 117 Å². The monoisotopic (exact) mass is 275 g/mol. The topological polar surface area (TPSA) is 70.2 Å². The summed E-state index contributed by atoms with van der Waals surface area (Å²) in [7, 11) is 0. The van der Waals surface area contributed by atoms with Gasteiger partial charge in [-0.15, -0.1) is 0 Å². The van der Waals surface area contributed by atoms with Gasteiger partial charge in [0, 0.05) is 5.69 Å². The van der Waals surface area contributed by atoms with E-state index in [4.69, 9.17) is 4.74 Å². The van der Waals surface area contributed by atoms with Crippen LogP contribution in [0.1, 0.15) is 24.7 Å². The Bertz CT molecular complexity index is 635. The molecule has 2 rings (SSSR count). The lowest BCUT2D eigenvalue weighted by Gasteiger charge is -2.10. The third-order valence-corrected chi connectivity index (χ3v) is 2.86. The molecule has 0 saturated carbocycles. The van der Waals surface area contributed by atoms with E-state index in [9.17, 15) is 10.1 Å². The minimum Gasteiger partial charge on any atom is -0.487 e. The molecule has 0 aliphatic carbocycles. The Balaban J connectivity index is 2.58. The van der Waals surface area contributed by atoms with Gasteiger partial charge in [0.2, 0.25) is 0 Å². The molecule has 0 spiro atoms. The van der Waals surface area contributed by atoms with E-state index in [-0.39, 0.29) is 11.4 Å². The maximum absolute atomic E-state index is 11.4. The minimum absolute atomic E-state index is 0.0489. The molecule has 0 N–H and O–H groups in total. The van der Waals surface area contributed by atoms with Gasteiger partial charge in [0.25, 0.3) is 0 Å². The minimum atomic E-state index is -0.420. The molecule has 1 heterocycles. The summed E-state index contributed by atoms with van der Waals surface area (Å²) >= 11 is 0. The molecule has 0 bridgehead atoms. The van der Waals surface area contributed by atoms with E-state index in [1.165, 1.54) is 0 Å². The van der Waals surface area contributed by atoms with Gasteiger partial charge in [-0.1, -0.05) is 13.0 Å². The summed E-state index contributed by atoms with van der Waals surface area (Å²) in [6.07, 6.45) is 0.793. The second kappa shape index (κ2) is 5.73. The molecule has 0 saturated heterocycles. The van der Waals surface area contributed by atoms with Gasteiger partial charge in [-0.05, 0) is 38.5 Å². The SMILES string of the molecule is CCCOc1cccc(-n2nc(C)cc2C)c1[N+](=O)[O-]. The summed E-state index contributed by atoms with van der Waals surface area (Å²) < 4.78 is 7.05. The molecule has 1 aromatic heterocycles. The van der Waals surface area contributed by atoms with E-state index in [1.807, 2.05) is 26.8 Å². The Morgan fingerprint density at radius 2 is 2.15 bits per heavy atom. The van der Waals surface area contributed by atoms with E-state index in [0.717, 1.165) is 17.8 Å². The van der Waals surface area contributed by atoms with Gasteiger partial charge in [0.1, 0.15) is 5.69 Å². The summed E-state index contributed by atoms with van der Waals surface area (Å²) in [6.45, 7) is 6.12. The van der Waals surface area contributed by atoms with Crippen LogP contribution < -0.4 is 4.74 Å². The highest BCUT2D eigenvalue weighted by Crippen LogP contribution is 2.33. The third kappa shape index (κ3) is 2.64. The van der Waals surface area contributed by atoms with Gasteiger partial charge < -0.3 is 4.74 Å². The molecule has 0 atom stereocenters. The average molecular weight is 275 g/mol. The number of nitro benzene ring substituents is 1. The van der Waals surface area contributed by atoms with Crippen LogP contribution in [-0.2, 0) is 0 Å². The Hall–Kier alpha value is -2.37. The number of hydrogen-bond donors (Lipinski definition) is 0. The third-order valence-electron chi connectivity index (χ3n) is 2.86. The van der Waals surface area contributed by atoms with Gasteiger partial charge in [0.15, 0.2) is 5.75 Å². The maximum Gasteiger partial charge on any atom is 0.336 e. The number of aromatic nitrogens is 2. The fraction of sp³-hybridized carbons (Fsp3) is 0.357. The van der Waals surface area contributed by atoms with E-state index >= 15 is 0 Å². The summed E-state index contributed by atoms with van der Waals surface area (Å²) in [5.74, 6) is 0.280. The Kier molecular flexibility index (Phi) is 4.02. The van der Waals surface area contributed by atoms with Crippen molar-refractivity contribution >= 4 is 5.69 Å². The van der Waals surface area contributed by atoms with Crippen molar-refractivity contribution in [1.29, 1.82) is 0 Å². The molecule has 0 unspecified atom stereocenters. The number of rotatable bonds is 5. The first kappa shape index (κ1) is 14.0. The molecule has 6 heteroatoms. The lowest BCUT2D eigenvalue weighted by atomic mass is 10.2. The van der Waals surface area contributed by atoms with E-state index in [0.29, 0.717) is 12.3 Å². The average Bonchev–Trinajstić information content (AvgIpc) is 2.74. The van der Waals surface area contributed by atoms with Crippen LogP contribution in [0, 0.1) is 24.0 Å². The van der Waals surface area contributed by atoms with Crippen molar-refractivity contribution in [2.45, 2.75) is 27.2 Å². The van der Waals surface area contributed by atoms with Crippen molar-refractivity contribution in [2.24, 2.45) is 0 Å². The molecule has 2 aromatic rings. The van der Waals surface area contributed by atoms with Crippen molar-refractivity contribution in [1.82, 2.24) is 9.78 Å². The zero-order valence-electron chi connectivity index (χ0n) is 11.8. The molecular formula is C14H17N3O3. The van der Waals surface area contributed by atoms with Crippen molar-refractivity contribution in [3.8, 4) is 11.4 Å². The largest absolute Gasteiger partial charge is 0.487 e. The van der Waals surface area contributed by atoms with Crippen LogP contribution in [0.2, 0.25) is 0 Å². The van der Waals surface area contributed by atoms with Gasteiger partial charge >= 0.3 is 5.69 Å². The Morgan fingerprint density at radius 3 is 2.70 bits per heavy atom. The van der Waals surface area contributed by atoms with Gasteiger partial charge in [0.05, 0.1) is 17.2 Å². The summed E-state index contributed by atoms with van der Waals surface area (Å²) in [5, 5.41) is 15.7. The molecule has 6 nitrogen and oxygen atoms in total. The molecular weight excluding hydrogens is 258 g/mol.